The van der Waals surface area contributed by atoms with E-state index < -0.39 is 0 Å². The molecule has 0 aliphatic carbocycles. The zero-order valence-electron chi connectivity index (χ0n) is 15.3. The average molecular weight is 380 g/mol. The van der Waals surface area contributed by atoms with E-state index in [4.69, 9.17) is 0 Å². The first kappa shape index (κ1) is 16.9. The predicted molar refractivity (Wildman–Crippen MR) is 111 cm³/mol. The van der Waals surface area contributed by atoms with Crippen molar-refractivity contribution in [3.8, 4) is 17.3 Å². The van der Waals surface area contributed by atoms with Crippen molar-refractivity contribution < 1.29 is 4.79 Å². The summed E-state index contributed by atoms with van der Waals surface area (Å²) in [7, 11) is 0. The van der Waals surface area contributed by atoms with E-state index >= 15 is 0 Å². The maximum absolute atomic E-state index is 12.6. The van der Waals surface area contributed by atoms with Crippen molar-refractivity contribution in [2.24, 2.45) is 0 Å². The number of hydrogen-bond donors (Lipinski definition) is 2. The average Bonchev–Trinajstić information content (AvgIpc) is 3.44. The fraction of sp³-hybridized carbons (Fsp3) is 0. The molecule has 0 fully saturated rings. The van der Waals surface area contributed by atoms with Crippen LogP contribution in [0.2, 0.25) is 0 Å². The highest BCUT2D eigenvalue weighted by Gasteiger charge is 2.10. The quantitative estimate of drug-likeness (QED) is 0.492. The number of aromatic amines is 1. The summed E-state index contributed by atoms with van der Waals surface area (Å²) in [5, 5.41) is 2.90. The largest absolute Gasteiger partial charge is 0.337 e. The lowest BCUT2D eigenvalue weighted by atomic mass is 10.2. The molecule has 5 rings (SSSR count). The van der Waals surface area contributed by atoms with Crippen LogP contribution in [-0.2, 0) is 0 Å². The van der Waals surface area contributed by atoms with Gasteiger partial charge in [0.25, 0.3) is 5.91 Å². The summed E-state index contributed by atoms with van der Waals surface area (Å²) in [6.45, 7) is 0. The number of aromatic nitrogens is 5. The van der Waals surface area contributed by atoms with Gasteiger partial charge in [0.05, 0.1) is 16.6 Å². The van der Waals surface area contributed by atoms with Gasteiger partial charge in [-0.15, -0.1) is 0 Å². The number of pyridine rings is 2. The Morgan fingerprint density at radius 3 is 2.62 bits per heavy atom. The fourth-order valence-corrected chi connectivity index (χ4v) is 3.08. The fourth-order valence-electron chi connectivity index (χ4n) is 3.08. The predicted octanol–water partition coefficient (Wildman–Crippen LogP) is 4.06. The summed E-state index contributed by atoms with van der Waals surface area (Å²) in [6, 6.07) is 18.6. The minimum Gasteiger partial charge on any atom is -0.337 e. The number of nitrogens with zero attached hydrogens (tertiary/aromatic N) is 4. The zero-order chi connectivity index (χ0) is 19.6. The van der Waals surface area contributed by atoms with Crippen LogP contribution in [0.3, 0.4) is 0 Å². The molecule has 5 aromatic rings. The van der Waals surface area contributed by atoms with E-state index in [1.54, 1.807) is 18.5 Å². The van der Waals surface area contributed by atoms with Gasteiger partial charge in [-0.25, -0.2) is 9.97 Å². The second kappa shape index (κ2) is 7.05. The van der Waals surface area contributed by atoms with Crippen LogP contribution in [0.25, 0.3) is 28.4 Å². The Labute approximate surface area is 166 Å². The molecule has 7 heteroatoms. The number of carbonyl (C=O) groups excluding carboxylic acids is 1. The number of anilines is 1. The van der Waals surface area contributed by atoms with Crippen LogP contribution in [0, 0.1) is 0 Å². The van der Waals surface area contributed by atoms with Crippen molar-refractivity contribution in [3.63, 3.8) is 0 Å². The highest BCUT2D eigenvalue weighted by Crippen LogP contribution is 2.22. The van der Waals surface area contributed by atoms with E-state index in [1.807, 2.05) is 71.6 Å². The molecule has 1 aromatic carbocycles. The Morgan fingerprint density at radius 1 is 0.966 bits per heavy atom. The lowest BCUT2D eigenvalue weighted by Crippen LogP contribution is -2.12. The van der Waals surface area contributed by atoms with Crippen LogP contribution in [-0.4, -0.2) is 30.4 Å². The molecule has 0 atom stereocenters. The molecule has 0 radical (unpaired) electrons. The number of hydrogen-bond acceptors (Lipinski definition) is 4. The van der Waals surface area contributed by atoms with E-state index in [-0.39, 0.29) is 5.91 Å². The van der Waals surface area contributed by atoms with Crippen molar-refractivity contribution in [1.29, 1.82) is 0 Å². The Bertz CT molecular complexity index is 1270. The minimum absolute atomic E-state index is 0.222. The number of imidazole rings is 1. The topological polar surface area (TPSA) is 88.5 Å². The number of nitrogens with one attached hydrogen (secondary N) is 2. The number of fused-ring (bicyclic) bond motifs is 1. The second-order valence-electron chi connectivity index (χ2n) is 6.48. The first-order valence-corrected chi connectivity index (χ1v) is 9.08. The number of amides is 1. The molecule has 0 bridgehead atoms. The standard InChI is InChI=1S/C22H16N6O/c29-22(15-6-9-20(24-14-15)28-11-3-4-12-28)25-16-7-8-17-19(13-16)27-21(26-17)18-5-1-2-10-23-18/h1-14H,(H,25,29)(H,26,27). The highest BCUT2D eigenvalue weighted by atomic mass is 16.1. The third-order valence-electron chi connectivity index (χ3n) is 4.53. The van der Waals surface area contributed by atoms with Crippen molar-refractivity contribution in [2.75, 3.05) is 5.32 Å². The molecule has 29 heavy (non-hydrogen) atoms. The molecule has 2 N–H and O–H groups in total. The molecule has 1 amide bonds. The van der Waals surface area contributed by atoms with Crippen LogP contribution in [0.4, 0.5) is 5.69 Å². The minimum atomic E-state index is -0.222. The molecule has 0 saturated carbocycles. The maximum atomic E-state index is 12.6. The lowest BCUT2D eigenvalue weighted by Gasteiger charge is -2.06. The molecule has 0 saturated heterocycles. The van der Waals surface area contributed by atoms with Crippen LogP contribution >= 0.6 is 0 Å². The van der Waals surface area contributed by atoms with Gasteiger partial charge in [0.1, 0.15) is 11.5 Å². The van der Waals surface area contributed by atoms with E-state index in [0.29, 0.717) is 17.1 Å². The Morgan fingerprint density at radius 2 is 1.86 bits per heavy atom. The van der Waals surface area contributed by atoms with E-state index in [9.17, 15) is 4.79 Å². The lowest BCUT2D eigenvalue weighted by molar-refractivity contribution is 0.102. The molecule has 0 aliphatic heterocycles. The summed E-state index contributed by atoms with van der Waals surface area (Å²) in [5.41, 5.74) is 3.56. The number of benzene rings is 1. The van der Waals surface area contributed by atoms with Gasteiger partial charge in [0, 0.05) is 30.5 Å². The third-order valence-corrected chi connectivity index (χ3v) is 4.53. The summed E-state index contributed by atoms with van der Waals surface area (Å²) < 4.78 is 1.88. The number of carbonyl (C=O) groups is 1. The maximum Gasteiger partial charge on any atom is 0.257 e. The second-order valence-corrected chi connectivity index (χ2v) is 6.48. The Kier molecular flexibility index (Phi) is 4.10. The van der Waals surface area contributed by atoms with Crippen LogP contribution in [0.5, 0.6) is 0 Å². The normalized spacial score (nSPS) is 10.9. The van der Waals surface area contributed by atoms with Gasteiger partial charge in [-0.1, -0.05) is 6.07 Å². The van der Waals surface area contributed by atoms with Crippen LogP contribution in [0.1, 0.15) is 10.4 Å². The molecule has 0 unspecified atom stereocenters. The molecular weight excluding hydrogens is 364 g/mol. The first-order valence-electron chi connectivity index (χ1n) is 9.08. The van der Waals surface area contributed by atoms with E-state index in [0.717, 1.165) is 22.5 Å². The summed E-state index contributed by atoms with van der Waals surface area (Å²) >= 11 is 0. The van der Waals surface area contributed by atoms with Crippen molar-refractivity contribution in [2.45, 2.75) is 0 Å². The van der Waals surface area contributed by atoms with Gasteiger partial charge in [-0.3, -0.25) is 9.78 Å². The molecule has 0 aliphatic rings. The molecule has 7 nitrogen and oxygen atoms in total. The number of rotatable bonds is 4. The van der Waals surface area contributed by atoms with Crippen molar-refractivity contribution >= 4 is 22.6 Å². The van der Waals surface area contributed by atoms with Gasteiger partial charge in [0.15, 0.2) is 5.82 Å². The Hall–Kier alpha value is -4.26. The molecule has 4 heterocycles. The zero-order valence-corrected chi connectivity index (χ0v) is 15.3. The van der Waals surface area contributed by atoms with E-state index in [2.05, 4.69) is 25.3 Å². The molecule has 140 valence electrons. The van der Waals surface area contributed by atoms with Crippen molar-refractivity contribution in [3.05, 3.63) is 91.0 Å². The van der Waals surface area contributed by atoms with Crippen LogP contribution in [0.15, 0.2) is 85.5 Å². The van der Waals surface area contributed by atoms with Crippen LogP contribution < -0.4 is 5.32 Å². The molecule has 4 aromatic heterocycles. The van der Waals surface area contributed by atoms with Gasteiger partial charge in [-0.05, 0) is 54.6 Å². The molecule has 0 spiro atoms. The van der Waals surface area contributed by atoms with Gasteiger partial charge in [-0.2, -0.15) is 0 Å². The monoisotopic (exact) mass is 380 g/mol. The smallest absolute Gasteiger partial charge is 0.257 e. The first-order chi connectivity index (χ1) is 14.3. The van der Waals surface area contributed by atoms with Gasteiger partial charge >= 0.3 is 0 Å². The summed E-state index contributed by atoms with van der Waals surface area (Å²) in [6.07, 6.45) is 7.10. The van der Waals surface area contributed by atoms with Crippen molar-refractivity contribution in [1.82, 2.24) is 24.5 Å². The summed E-state index contributed by atoms with van der Waals surface area (Å²) in [5.74, 6) is 1.22. The number of H-pyrrole nitrogens is 1. The van der Waals surface area contributed by atoms with Gasteiger partial charge < -0.3 is 14.9 Å². The Balaban J connectivity index is 1.36. The van der Waals surface area contributed by atoms with Gasteiger partial charge in [0.2, 0.25) is 0 Å². The summed E-state index contributed by atoms with van der Waals surface area (Å²) in [4.78, 5) is 29.0. The highest BCUT2D eigenvalue weighted by molar-refractivity contribution is 6.04. The van der Waals surface area contributed by atoms with E-state index in [1.165, 1.54) is 0 Å². The SMILES string of the molecule is O=C(Nc1ccc2nc(-c3ccccn3)[nH]c2c1)c1ccc(-n2cccc2)nc1. The third kappa shape index (κ3) is 3.37. The molecular formula is C22H16N6O.